The first-order chi connectivity index (χ1) is 12.6. The number of nitrogens with zero attached hydrogens (tertiary/aromatic N) is 3. The van der Waals surface area contributed by atoms with Gasteiger partial charge in [-0.05, 0) is 43.0 Å². The van der Waals surface area contributed by atoms with Crippen molar-refractivity contribution in [1.82, 2.24) is 25.2 Å². The number of aryl methyl sites for hydroxylation is 2. The average Bonchev–Trinajstić information content (AvgIpc) is 3.03. The van der Waals surface area contributed by atoms with Crippen LogP contribution in [-0.4, -0.2) is 34.3 Å². The molecule has 0 unspecified atom stereocenters. The largest absolute Gasteiger partial charge is 0.497 e. The van der Waals surface area contributed by atoms with E-state index in [1.807, 2.05) is 49.6 Å². The van der Waals surface area contributed by atoms with E-state index >= 15 is 0 Å². The van der Waals surface area contributed by atoms with Gasteiger partial charge < -0.3 is 15.4 Å². The highest BCUT2D eigenvalue weighted by atomic mass is 16.5. The maximum Gasteiger partial charge on any atom is 0.315 e. The summed E-state index contributed by atoms with van der Waals surface area (Å²) in [5.74, 6) is 0.802. The lowest BCUT2D eigenvalue weighted by Gasteiger charge is -2.08. The molecule has 0 radical (unpaired) electrons. The number of benzene rings is 1. The quantitative estimate of drug-likeness (QED) is 0.640. The molecule has 0 spiro atoms. The number of ether oxygens (including phenoxy) is 1. The van der Waals surface area contributed by atoms with E-state index < -0.39 is 0 Å². The molecule has 0 saturated heterocycles. The maximum atomic E-state index is 11.9. The molecule has 1 aromatic carbocycles. The van der Waals surface area contributed by atoms with Crippen LogP contribution in [0.3, 0.4) is 0 Å². The third kappa shape index (κ3) is 4.72. The fraction of sp³-hybridized carbons (Fsp3) is 0.316. The molecular formula is C19H23N5O2. The molecule has 0 aliphatic rings. The maximum absolute atomic E-state index is 11.9. The zero-order valence-corrected chi connectivity index (χ0v) is 15.0. The Morgan fingerprint density at radius 1 is 1.19 bits per heavy atom. The molecule has 2 aromatic heterocycles. The topological polar surface area (TPSA) is 80.5 Å². The Balaban J connectivity index is 1.37. The Kier molecular flexibility index (Phi) is 5.68. The minimum atomic E-state index is -0.169. The number of fused-ring (bicyclic) bond motifs is 1. The van der Waals surface area contributed by atoms with Crippen LogP contribution in [0.4, 0.5) is 4.79 Å². The van der Waals surface area contributed by atoms with E-state index in [9.17, 15) is 4.79 Å². The molecule has 0 atom stereocenters. The molecule has 0 aliphatic carbocycles. The lowest BCUT2D eigenvalue weighted by atomic mass is 10.2. The molecule has 3 rings (SSSR count). The van der Waals surface area contributed by atoms with Crippen molar-refractivity contribution in [2.75, 3.05) is 13.7 Å². The molecule has 0 saturated carbocycles. The highest BCUT2D eigenvalue weighted by molar-refractivity contribution is 5.73. The monoisotopic (exact) mass is 353 g/mol. The summed E-state index contributed by atoms with van der Waals surface area (Å²) in [4.78, 5) is 16.2. The Bertz CT molecular complexity index is 873. The third-order valence-electron chi connectivity index (χ3n) is 4.03. The summed E-state index contributed by atoms with van der Waals surface area (Å²) >= 11 is 0. The number of aromatic nitrogens is 3. The Morgan fingerprint density at radius 2 is 2.00 bits per heavy atom. The normalized spacial score (nSPS) is 10.7. The molecule has 0 bridgehead atoms. The number of carbonyl (C=O) groups excluding carboxylic acids is 1. The molecule has 2 amide bonds. The Morgan fingerprint density at radius 3 is 2.77 bits per heavy atom. The summed E-state index contributed by atoms with van der Waals surface area (Å²) in [6.07, 6.45) is 5.52. The predicted octanol–water partition coefficient (Wildman–Crippen LogP) is 2.48. The van der Waals surface area contributed by atoms with E-state index in [0.717, 1.165) is 41.1 Å². The van der Waals surface area contributed by atoms with Gasteiger partial charge in [-0.1, -0.05) is 12.1 Å². The number of hydrogen-bond donors (Lipinski definition) is 2. The fourth-order valence-electron chi connectivity index (χ4n) is 2.65. The van der Waals surface area contributed by atoms with Gasteiger partial charge in [0.15, 0.2) is 5.65 Å². The van der Waals surface area contributed by atoms with Crippen LogP contribution in [0.15, 0.2) is 42.7 Å². The van der Waals surface area contributed by atoms with Crippen molar-refractivity contribution in [3.05, 3.63) is 59.5 Å². The summed E-state index contributed by atoms with van der Waals surface area (Å²) < 4.78 is 6.90. The summed E-state index contributed by atoms with van der Waals surface area (Å²) in [6.45, 7) is 3.03. The van der Waals surface area contributed by atoms with Crippen molar-refractivity contribution in [1.29, 1.82) is 0 Å². The molecule has 3 aromatic rings. The molecule has 7 nitrogen and oxygen atoms in total. The molecule has 0 aliphatic heterocycles. The van der Waals surface area contributed by atoms with Crippen molar-refractivity contribution in [2.45, 2.75) is 26.3 Å². The smallest absolute Gasteiger partial charge is 0.315 e. The van der Waals surface area contributed by atoms with Crippen LogP contribution in [0.25, 0.3) is 5.65 Å². The van der Waals surface area contributed by atoms with Gasteiger partial charge in [0.25, 0.3) is 0 Å². The van der Waals surface area contributed by atoms with Gasteiger partial charge in [0, 0.05) is 31.5 Å². The van der Waals surface area contributed by atoms with Crippen molar-refractivity contribution < 1.29 is 9.53 Å². The SMILES string of the molecule is COc1ccc(CNC(=O)NCCCc2cnc3cc(C)nn3c2)cc1. The zero-order valence-electron chi connectivity index (χ0n) is 15.0. The minimum Gasteiger partial charge on any atom is -0.497 e. The fourth-order valence-corrected chi connectivity index (χ4v) is 2.65. The lowest BCUT2D eigenvalue weighted by Crippen LogP contribution is -2.35. The second kappa shape index (κ2) is 8.33. The molecule has 0 fully saturated rings. The number of hydrogen-bond acceptors (Lipinski definition) is 4. The third-order valence-corrected chi connectivity index (χ3v) is 4.03. The van der Waals surface area contributed by atoms with Crippen molar-refractivity contribution in [3.63, 3.8) is 0 Å². The standard InChI is InChI=1S/C19H23N5O2/c1-14-10-18-21-12-16(13-24(18)23-14)4-3-9-20-19(25)22-11-15-5-7-17(26-2)8-6-15/h5-8,10,12-13H,3-4,9,11H2,1-2H3,(H2,20,22,25). The van der Waals surface area contributed by atoms with E-state index in [1.165, 1.54) is 0 Å². The highest BCUT2D eigenvalue weighted by Gasteiger charge is 2.03. The molecule has 136 valence electrons. The minimum absolute atomic E-state index is 0.169. The second-order valence-corrected chi connectivity index (χ2v) is 6.11. The van der Waals surface area contributed by atoms with Crippen LogP contribution in [-0.2, 0) is 13.0 Å². The van der Waals surface area contributed by atoms with E-state index in [4.69, 9.17) is 4.74 Å². The molecule has 2 N–H and O–H groups in total. The van der Waals surface area contributed by atoms with Gasteiger partial charge in [-0.2, -0.15) is 5.10 Å². The summed E-state index contributed by atoms with van der Waals surface area (Å²) in [5.41, 5.74) is 3.92. The van der Waals surface area contributed by atoms with E-state index in [1.54, 1.807) is 11.6 Å². The first-order valence-electron chi connectivity index (χ1n) is 8.59. The highest BCUT2D eigenvalue weighted by Crippen LogP contribution is 2.11. The zero-order chi connectivity index (χ0) is 18.4. The van der Waals surface area contributed by atoms with Crippen LogP contribution >= 0.6 is 0 Å². The van der Waals surface area contributed by atoms with Crippen LogP contribution in [0.2, 0.25) is 0 Å². The molecule has 7 heteroatoms. The second-order valence-electron chi connectivity index (χ2n) is 6.11. The van der Waals surface area contributed by atoms with Crippen molar-refractivity contribution >= 4 is 11.7 Å². The van der Waals surface area contributed by atoms with Gasteiger partial charge in [-0.15, -0.1) is 0 Å². The summed E-state index contributed by atoms with van der Waals surface area (Å²) in [7, 11) is 1.63. The molecule has 2 heterocycles. The van der Waals surface area contributed by atoms with Crippen LogP contribution in [0.5, 0.6) is 5.75 Å². The van der Waals surface area contributed by atoms with Crippen LogP contribution in [0.1, 0.15) is 23.2 Å². The van der Waals surface area contributed by atoms with Crippen LogP contribution in [0, 0.1) is 6.92 Å². The van der Waals surface area contributed by atoms with Gasteiger partial charge in [0.05, 0.1) is 12.8 Å². The molecule has 26 heavy (non-hydrogen) atoms. The lowest BCUT2D eigenvalue weighted by molar-refractivity contribution is 0.240. The van der Waals surface area contributed by atoms with E-state index in [2.05, 4.69) is 20.7 Å². The van der Waals surface area contributed by atoms with Gasteiger partial charge in [-0.25, -0.2) is 14.3 Å². The Hall–Kier alpha value is -3.09. The Labute approximate surface area is 152 Å². The number of carbonyl (C=O) groups is 1. The number of methoxy groups -OCH3 is 1. The first kappa shape index (κ1) is 17.7. The summed E-state index contributed by atoms with van der Waals surface area (Å²) in [5, 5.41) is 10.1. The first-order valence-corrected chi connectivity index (χ1v) is 8.59. The number of nitrogens with one attached hydrogen (secondary N) is 2. The number of amides is 2. The van der Waals surface area contributed by atoms with Gasteiger partial charge in [0.1, 0.15) is 5.75 Å². The summed E-state index contributed by atoms with van der Waals surface area (Å²) in [6, 6.07) is 9.38. The van der Waals surface area contributed by atoms with Crippen molar-refractivity contribution in [3.8, 4) is 5.75 Å². The van der Waals surface area contributed by atoms with Crippen molar-refractivity contribution in [2.24, 2.45) is 0 Å². The average molecular weight is 353 g/mol. The number of urea groups is 1. The van der Waals surface area contributed by atoms with Gasteiger partial charge >= 0.3 is 6.03 Å². The van der Waals surface area contributed by atoms with Crippen LogP contribution < -0.4 is 15.4 Å². The molecular weight excluding hydrogens is 330 g/mol. The predicted molar refractivity (Wildman–Crippen MR) is 99.3 cm³/mol. The van der Waals surface area contributed by atoms with Gasteiger partial charge in [0.2, 0.25) is 0 Å². The van der Waals surface area contributed by atoms with E-state index in [-0.39, 0.29) is 6.03 Å². The number of rotatable bonds is 7. The van der Waals surface area contributed by atoms with Gasteiger partial charge in [-0.3, -0.25) is 0 Å². The van der Waals surface area contributed by atoms with E-state index in [0.29, 0.717) is 13.1 Å².